The molecule has 2 aromatic heterocycles. The molecule has 1 amide bonds. The molecule has 5 nitrogen and oxygen atoms in total. The van der Waals surface area contributed by atoms with Crippen LogP contribution in [0.5, 0.6) is 0 Å². The quantitative estimate of drug-likeness (QED) is 0.774. The zero-order valence-corrected chi connectivity index (χ0v) is 14.7. The molecule has 0 fully saturated rings. The van der Waals surface area contributed by atoms with E-state index in [1.165, 1.54) is 10.6 Å². The molecule has 2 heterocycles. The van der Waals surface area contributed by atoms with E-state index in [9.17, 15) is 9.59 Å². The highest BCUT2D eigenvalue weighted by Crippen LogP contribution is 2.21. The Bertz CT molecular complexity index is 983. The van der Waals surface area contributed by atoms with Gasteiger partial charge < -0.3 is 5.32 Å². The lowest BCUT2D eigenvalue weighted by atomic mass is 9.95. The molecule has 0 saturated heterocycles. The third-order valence-corrected chi connectivity index (χ3v) is 4.37. The minimum absolute atomic E-state index is 0.180. The number of hydrogen-bond acceptors (Lipinski definition) is 3. The van der Waals surface area contributed by atoms with Crippen LogP contribution in [0.3, 0.4) is 0 Å². The molecule has 0 saturated carbocycles. The van der Waals surface area contributed by atoms with Gasteiger partial charge in [-0.3, -0.25) is 14.0 Å². The van der Waals surface area contributed by atoms with Crippen molar-refractivity contribution in [3.63, 3.8) is 0 Å². The molecule has 0 aliphatic rings. The lowest BCUT2D eigenvalue weighted by Gasteiger charge is -2.16. The van der Waals surface area contributed by atoms with Crippen molar-refractivity contribution >= 4 is 28.8 Å². The first-order valence-electron chi connectivity index (χ1n) is 8.05. The Morgan fingerprint density at radius 1 is 1.24 bits per heavy atom. The van der Waals surface area contributed by atoms with Crippen molar-refractivity contribution in [2.75, 3.05) is 5.32 Å². The van der Waals surface area contributed by atoms with E-state index in [-0.39, 0.29) is 23.1 Å². The summed E-state index contributed by atoms with van der Waals surface area (Å²) in [5.41, 5.74) is 1.71. The fourth-order valence-corrected chi connectivity index (χ4v) is 3.00. The number of carbonyl (C=O) groups excluding carboxylic acids is 1. The van der Waals surface area contributed by atoms with Crippen LogP contribution in [-0.2, 0) is 4.79 Å². The number of pyridine rings is 1. The lowest BCUT2D eigenvalue weighted by molar-refractivity contribution is -0.117. The lowest BCUT2D eigenvalue weighted by Crippen LogP contribution is -2.28. The Morgan fingerprint density at radius 2 is 1.96 bits per heavy atom. The number of aromatic nitrogens is 2. The number of amides is 1. The van der Waals surface area contributed by atoms with Crippen LogP contribution in [0.1, 0.15) is 30.5 Å². The molecule has 3 aromatic rings. The predicted octanol–water partition coefficient (Wildman–Crippen LogP) is 3.79. The van der Waals surface area contributed by atoms with Crippen molar-refractivity contribution in [3.8, 4) is 0 Å². The number of nitrogens with zero attached hydrogens (tertiary/aromatic N) is 2. The number of anilines is 1. The molecule has 0 aliphatic carbocycles. The number of rotatable bonds is 4. The van der Waals surface area contributed by atoms with E-state index in [4.69, 9.17) is 11.6 Å². The number of fused-ring (bicyclic) bond motifs is 1. The van der Waals surface area contributed by atoms with Gasteiger partial charge in [0.1, 0.15) is 11.3 Å². The van der Waals surface area contributed by atoms with Gasteiger partial charge in [-0.2, -0.15) is 0 Å². The Morgan fingerprint density at radius 3 is 2.64 bits per heavy atom. The maximum absolute atomic E-state index is 12.7. The zero-order chi connectivity index (χ0) is 18.0. The maximum atomic E-state index is 12.7. The Balaban J connectivity index is 1.99. The van der Waals surface area contributed by atoms with Crippen LogP contribution in [0, 0.1) is 6.92 Å². The van der Waals surface area contributed by atoms with E-state index < -0.39 is 0 Å². The number of carbonyl (C=O) groups is 1. The van der Waals surface area contributed by atoms with Crippen LogP contribution >= 0.6 is 11.6 Å². The average molecular weight is 356 g/mol. The number of halogens is 1. The first kappa shape index (κ1) is 17.2. The smallest absolute Gasteiger partial charge is 0.281 e. The summed E-state index contributed by atoms with van der Waals surface area (Å²) in [5, 5.41) is 3.19. The van der Waals surface area contributed by atoms with Crippen LogP contribution in [0.15, 0.2) is 53.5 Å². The summed E-state index contributed by atoms with van der Waals surface area (Å²) in [6, 6.07) is 12.8. The van der Waals surface area contributed by atoms with Crippen LogP contribution in [0.4, 0.5) is 5.69 Å². The van der Waals surface area contributed by atoms with E-state index in [0.717, 1.165) is 5.56 Å². The first-order chi connectivity index (χ1) is 12.0. The van der Waals surface area contributed by atoms with Crippen molar-refractivity contribution < 1.29 is 4.79 Å². The molecule has 6 heteroatoms. The van der Waals surface area contributed by atoms with Gasteiger partial charge in [0.05, 0.1) is 16.6 Å². The summed E-state index contributed by atoms with van der Waals surface area (Å²) in [6.07, 6.45) is 2.12. The Labute approximate surface area is 150 Å². The van der Waals surface area contributed by atoms with Crippen LogP contribution in [-0.4, -0.2) is 15.3 Å². The molecule has 0 spiro atoms. The van der Waals surface area contributed by atoms with E-state index >= 15 is 0 Å². The highest BCUT2D eigenvalue weighted by molar-refractivity contribution is 6.30. The molecule has 1 atom stereocenters. The molecule has 0 unspecified atom stereocenters. The second kappa shape index (κ2) is 7.07. The van der Waals surface area contributed by atoms with Gasteiger partial charge >= 0.3 is 0 Å². The van der Waals surface area contributed by atoms with Gasteiger partial charge in [-0.25, -0.2) is 4.98 Å². The molecule has 128 valence electrons. The summed E-state index contributed by atoms with van der Waals surface area (Å²) in [6.45, 7) is 3.64. The SMILES string of the molecule is CC[C@H](C(=O)Nc1c(C)nc2ccc(Cl)cn2c1=O)c1ccccc1. The van der Waals surface area contributed by atoms with Crippen LogP contribution in [0.25, 0.3) is 5.65 Å². The van der Waals surface area contributed by atoms with Crippen molar-refractivity contribution in [2.45, 2.75) is 26.2 Å². The predicted molar refractivity (Wildman–Crippen MR) is 99.3 cm³/mol. The monoisotopic (exact) mass is 355 g/mol. The Kier molecular flexibility index (Phi) is 4.86. The summed E-state index contributed by atoms with van der Waals surface area (Å²) in [7, 11) is 0. The van der Waals surface area contributed by atoms with Crippen molar-refractivity contribution in [2.24, 2.45) is 0 Å². The summed E-state index contributed by atoms with van der Waals surface area (Å²) >= 11 is 5.97. The van der Waals surface area contributed by atoms with E-state index in [1.807, 2.05) is 37.3 Å². The van der Waals surface area contributed by atoms with E-state index in [0.29, 0.717) is 22.8 Å². The fraction of sp³-hybridized carbons (Fsp3) is 0.211. The number of nitrogens with one attached hydrogen (secondary N) is 1. The van der Waals surface area contributed by atoms with Crippen LogP contribution in [0.2, 0.25) is 5.02 Å². The highest BCUT2D eigenvalue weighted by Gasteiger charge is 2.21. The second-order valence-electron chi connectivity index (χ2n) is 5.81. The third kappa shape index (κ3) is 3.42. The highest BCUT2D eigenvalue weighted by atomic mass is 35.5. The third-order valence-electron chi connectivity index (χ3n) is 4.14. The van der Waals surface area contributed by atoms with Crippen molar-refractivity contribution in [1.29, 1.82) is 0 Å². The van der Waals surface area contributed by atoms with Gasteiger partial charge in [-0.1, -0.05) is 48.9 Å². The number of benzene rings is 1. The van der Waals surface area contributed by atoms with Gasteiger partial charge in [0.25, 0.3) is 5.56 Å². The van der Waals surface area contributed by atoms with Gasteiger partial charge in [-0.15, -0.1) is 0 Å². The van der Waals surface area contributed by atoms with E-state index in [2.05, 4.69) is 10.3 Å². The zero-order valence-electron chi connectivity index (χ0n) is 14.0. The maximum Gasteiger partial charge on any atom is 0.281 e. The summed E-state index contributed by atoms with van der Waals surface area (Å²) in [4.78, 5) is 29.9. The molecule has 1 N–H and O–H groups in total. The minimum atomic E-state index is -0.346. The topological polar surface area (TPSA) is 63.5 Å². The number of aryl methyl sites for hydroxylation is 1. The molecule has 0 bridgehead atoms. The van der Waals surface area contributed by atoms with Gasteiger partial charge in [0.15, 0.2) is 0 Å². The summed E-state index contributed by atoms with van der Waals surface area (Å²) < 4.78 is 1.34. The molecule has 25 heavy (non-hydrogen) atoms. The normalized spacial score (nSPS) is 12.1. The van der Waals surface area contributed by atoms with Gasteiger partial charge in [0, 0.05) is 6.20 Å². The Hall–Kier alpha value is -2.66. The average Bonchev–Trinajstić information content (AvgIpc) is 2.61. The largest absolute Gasteiger partial charge is 0.319 e. The second-order valence-corrected chi connectivity index (χ2v) is 6.25. The van der Waals surface area contributed by atoms with Gasteiger partial charge in [-0.05, 0) is 31.0 Å². The number of hydrogen-bond donors (Lipinski definition) is 1. The van der Waals surface area contributed by atoms with Crippen molar-refractivity contribution in [1.82, 2.24) is 9.38 Å². The molecule has 0 aliphatic heterocycles. The fourth-order valence-electron chi connectivity index (χ4n) is 2.84. The molecular weight excluding hydrogens is 338 g/mol. The standard InChI is InChI=1S/C19H18ClN3O2/c1-3-15(13-7-5-4-6-8-13)18(24)22-17-12(2)21-16-10-9-14(20)11-23(16)19(17)25/h4-11,15H,3H2,1-2H3,(H,22,24)/t15-/m0/s1. The molecule has 0 radical (unpaired) electrons. The first-order valence-corrected chi connectivity index (χ1v) is 8.43. The van der Waals surface area contributed by atoms with Crippen molar-refractivity contribution in [3.05, 3.63) is 75.3 Å². The summed E-state index contributed by atoms with van der Waals surface area (Å²) in [5.74, 6) is -0.558. The molecular formula is C19H18ClN3O2. The van der Waals surface area contributed by atoms with E-state index in [1.54, 1.807) is 19.1 Å². The minimum Gasteiger partial charge on any atom is -0.319 e. The van der Waals surface area contributed by atoms with Gasteiger partial charge in [0.2, 0.25) is 5.91 Å². The van der Waals surface area contributed by atoms with Crippen LogP contribution < -0.4 is 10.9 Å². The molecule has 3 rings (SSSR count). The molecule has 1 aromatic carbocycles.